The Morgan fingerprint density at radius 1 is 1.07 bits per heavy atom. The van der Waals surface area contributed by atoms with Gasteiger partial charge in [-0.1, -0.05) is 11.6 Å². The van der Waals surface area contributed by atoms with Crippen LogP contribution in [0.2, 0.25) is 5.15 Å². The summed E-state index contributed by atoms with van der Waals surface area (Å²) in [4.78, 5) is 26.4. The van der Waals surface area contributed by atoms with Gasteiger partial charge in [0, 0.05) is 25.4 Å². The van der Waals surface area contributed by atoms with Crippen molar-refractivity contribution in [1.82, 2.24) is 28.7 Å². The van der Waals surface area contributed by atoms with Crippen LogP contribution in [0.1, 0.15) is 38.6 Å². The SMILES string of the molecule is CC(C)n1c(=O)n(Cc2nc3nc(Cl)ccc3n2CCCCO)c2cnccc21. The van der Waals surface area contributed by atoms with Crippen LogP contribution in [0.4, 0.5) is 0 Å². The fourth-order valence-corrected chi connectivity index (χ4v) is 3.85. The zero-order valence-electron chi connectivity index (χ0n) is 16.4. The van der Waals surface area contributed by atoms with E-state index in [0.717, 1.165) is 28.8 Å². The molecule has 8 nitrogen and oxygen atoms in total. The maximum atomic E-state index is 13.2. The first-order valence-corrected chi connectivity index (χ1v) is 10.1. The average molecular weight is 415 g/mol. The number of nitrogens with zero attached hydrogens (tertiary/aromatic N) is 6. The molecule has 0 saturated heterocycles. The summed E-state index contributed by atoms with van der Waals surface area (Å²) in [5.74, 6) is 0.724. The molecule has 0 saturated carbocycles. The van der Waals surface area contributed by atoms with Gasteiger partial charge < -0.3 is 9.67 Å². The number of unbranched alkanes of at least 4 members (excludes halogenated alkanes) is 1. The molecule has 152 valence electrons. The molecular weight excluding hydrogens is 392 g/mol. The molecule has 0 aliphatic heterocycles. The van der Waals surface area contributed by atoms with E-state index < -0.39 is 0 Å². The summed E-state index contributed by atoms with van der Waals surface area (Å²) in [7, 11) is 0. The molecule has 4 rings (SSSR count). The number of hydrogen-bond acceptors (Lipinski definition) is 5. The van der Waals surface area contributed by atoms with E-state index in [1.165, 1.54) is 0 Å². The average Bonchev–Trinajstić information content (AvgIpc) is 3.17. The first-order chi connectivity index (χ1) is 14.0. The van der Waals surface area contributed by atoms with Crippen LogP contribution in [0.15, 0.2) is 35.4 Å². The van der Waals surface area contributed by atoms with Crippen molar-refractivity contribution in [2.45, 2.75) is 45.8 Å². The largest absolute Gasteiger partial charge is 0.396 e. The molecule has 1 N–H and O–H groups in total. The van der Waals surface area contributed by atoms with Crippen molar-refractivity contribution in [2.24, 2.45) is 0 Å². The minimum atomic E-state index is -0.0945. The minimum absolute atomic E-state index is 0.0255. The molecule has 0 radical (unpaired) electrons. The molecule has 0 atom stereocenters. The molecule has 0 fully saturated rings. The van der Waals surface area contributed by atoms with E-state index in [2.05, 4.69) is 19.5 Å². The Labute approximate surface area is 172 Å². The summed E-state index contributed by atoms with van der Waals surface area (Å²) in [6, 6.07) is 5.51. The van der Waals surface area contributed by atoms with Crippen molar-refractivity contribution in [3.63, 3.8) is 0 Å². The van der Waals surface area contributed by atoms with Gasteiger partial charge in [0.05, 0.1) is 29.3 Å². The lowest BCUT2D eigenvalue weighted by molar-refractivity contribution is 0.281. The van der Waals surface area contributed by atoms with Gasteiger partial charge in [-0.3, -0.25) is 14.1 Å². The molecule has 0 aliphatic rings. The highest BCUT2D eigenvalue weighted by Gasteiger charge is 2.19. The van der Waals surface area contributed by atoms with Crippen LogP contribution < -0.4 is 5.69 Å². The Morgan fingerprint density at radius 3 is 2.66 bits per heavy atom. The van der Waals surface area contributed by atoms with Crippen molar-refractivity contribution >= 4 is 33.8 Å². The molecule has 4 heterocycles. The van der Waals surface area contributed by atoms with Gasteiger partial charge >= 0.3 is 5.69 Å². The van der Waals surface area contributed by atoms with Gasteiger partial charge in [0.2, 0.25) is 0 Å². The number of rotatable bonds is 7. The second-order valence-corrected chi connectivity index (χ2v) is 7.67. The number of pyridine rings is 2. The minimum Gasteiger partial charge on any atom is -0.396 e. The molecule has 29 heavy (non-hydrogen) atoms. The summed E-state index contributed by atoms with van der Waals surface area (Å²) in [5, 5.41) is 9.53. The highest BCUT2D eigenvalue weighted by Crippen LogP contribution is 2.21. The van der Waals surface area contributed by atoms with Crippen LogP contribution in [0.3, 0.4) is 0 Å². The van der Waals surface area contributed by atoms with Gasteiger partial charge in [-0.15, -0.1) is 0 Å². The van der Waals surface area contributed by atoms with Gasteiger partial charge in [0.15, 0.2) is 5.65 Å². The van der Waals surface area contributed by atoms with Gasteiger partial charge in [0.25, 0.3) is 0 Å². The van der Waals surface area contributed by atoms with E-state index >= 15 is 0 Å². The van der Waals surface area contributed by atoms with Crippen LogP contribution >= 0.6 is 11.6 Å². The zero-order chi connectivity index (χ0) is 20.5. The molecule has 0 spiro atoms. The van der Waals surface area contributed by atoms with Gasteiger partial charge in [-0.25, -0.2) is 14.8 Å². The Balaban J connectivity index is 1.85. The number of aromatic nitrogens is 6. The third kappa shape index (κ3) is 3.54. The normalized spacial score (nSPS) is 11.9. The number of aryl methyl sites for hydroxylation is 1. The van der Waals surface area contributed by atoms with Gasteiger partial charge in [-0.05, 0) is 44.9 Å². The number of imidazole rings is 2. The Bertz CT molecular complexity index is 1220. The number of fused-ring (bicyclic) bond motifs is 2. The number of halogens is 1. The standard InChI is InChI=1S/C20H23ClN6O2/c1-13(2)27-14-7-8-22-11-16(14)26(20(27)29)12-18-24-19-15(5-6-17(21)23-19)25(18)9-3-4-10-28/h5-8,11,13,28H,3-4,9-10,12H2,1-2H3. The maximum absolute atomic E-state index is 13.2. The van der Waals surface area contributed by atoms with Crippen LogP contribution in [-0.4, -0.2) is 40.4 Å². The Morgan fingerprint density at radius 2 is 1.90 bits per heavy atom. The smallest absolute Gasteiger partial charge is 0.329 e. The van der Waals surface area contributed by atoms with E-state index in [1.807, 2.05) is 26.0 Å². The first-order valence-electron chi connectivity index (χ1n) is 9.68. The molecule has 4 aromatic rings. The summed E-state index contributed by atoms with van der Waals surface area (Å²) in [6.45, 7) is 5.09. The Hall–Kier alpha value is -2.71. The summed E-state index contributed by atoms with van der Waals surface area (Å²) in [5.41, 5.74) is 2.94. The lowest BCUT2D eigenvalue weighted by Gasteiger charge is -2.09. The molecule has 4 aromatic heterocycles. The van der Waals surface area contributed by atoms with Gasteiger partial charge in [0.1, 0.15) is 11.0 Å². The first kappa shape index (κ1) is 19.6. The summed E-state index contributed by atoms with van der Waals surface area (Å²) < 4.78 is 5.52. The predicted molar refractivity (Wildman–Crippen MR) is 112 cm³/mol. The fraction of sp³-hybridized carbons (Fsp3) is 0.400. The second-order valence-electron chi connectivity index (χ2n) is 7.28. The van der Waals surface area contributed by atoms with Gasteiger partial charge in [-0.2, -0.15) is 0 Å². The number of hydrogen-bond donors (Lipinski definition) is 1. The molecule has 0 bridgehead atoms. The maximum Gasteiger partial charge on any atom is 0.329 e. The second kappa shape index (κ2) is 7.96. The van der Waals surface area contributed by atoms with E-state index in [-0.39, 0.29) is 18.3 Å². The highest BCUT2D eigenvalue weighted by atomic mass is 35.5. The van der Waals surface area contributed by atoms with Crippen LogP contribution in [0.5, 0.6) is 0 Å². The van der Waals surface area contributed by atoms with Crippen molar-refractivity contribution in [3.8, 4) is 0 Å². The molecular formula is C20H23ClN6O2. The van der Waals surface area contributed by atoms with Crippen molar-refractivity contribution in [1.29, 1.82) is 0 Å². The zero-order valence-corrected chi connectivity index (χ0v) is 17.2. The van der Waals surface area contributed by atoms with Crippen LogP contribution in [0.25, 0.3) is 22.2 Å². The number of aliphatic hydroxyl groups is 1. The van der Waals surface area contributed by atoms with Crippen molar-refractivity contribution in [3.05, 3.63) is 52.1 Å². The summed E-state index contributed by atoms with van der Waals surface area (Å²) >= 11 is 6.05. The van der Waals surface area contributed by atoms with Crippen LogP contribution in [-0.2, 0) is 13.1 Å². The lowest BCUT2D eigenvalue weighted by atomic mass is 10.3. The topological polar surface area (TPSA) is 90.8 Å². The van der Waals surface area contributed by atoms with Crippen molar-refractivity contribution in [2.75, 3.05) is 6.61 Å². The third-order valence-electron chi connectivity index (χ3n) is 5.03. The quantitative estimate of drug-likeness (QED) is 0.371. The molecule has 9 heteroatoms. The van der Waals surface area contributed by atoms with E-state index in [0.29, 0.717) is 30.3 Å². The van der Waals surface area contributed by atoms with E-state index in [4.69, 9.17) is 16.7 Å². The molecule has 0 aliphatic carbocycles. The fourth-order valence-electron chi connectivity index (χ4n) is 3.70. The number of aliphatic hydroxyl groups excluding tert-OH is 1. The highest BCUT2D eigenvalue weighted by molar-refractivity contribution is 6.29. The molecule has 0 amide bonds. The van der Waals surface area contributed by atoms with E-state index in [9.17, 15) is 4.79 Å². The lowest BCUT2D eigenvalue weighted by Crippen LogP contribution is -2.27. The van der Waals surface area contributed by atoms with E-state index in [1.54, 1.807) is 27.6 Å². The molecule has 0 unspecified atom stereocenters. The Kier molecular flexibility index (Phi) is 5.38. The predicted octanol–water partition coefficient (Wildman–Crippen LogP) is 3.00. The third-order valence-corrected chi connectivity index (χ3v) is 5.24. The molecule has 0 aromatic carbocycles. The van der Waals surface area contributed by atoms with Crippen molar-refractivity contribution < 1.29 is 5.11 Å². The summed E-state index contributed by atoms with van der Waals surface area (Å²) in [6.07, 6.45) is 4.89. The van der Waals surface area contributed by atoms with Crippen LogP contribution in [0, 0.1) is 0 Å². The monoisotopic (exact) mass is 414 g/mol.